The minimum absolute atomic E-state index is 0.111. The Balaban J connectivity index is 2.56. The standard InChI is InChI=1S/C13H21N3O4/c1-13(2,3)20-7-11(17)16-10(12(18)19-4)5-9-6-14-8-15-9/h6,8,10H,5,7H2,1-4H3,(H,14,15)(H,16,17)/t10-/m0/s1. The molecule has 0 aliphatic carbocycles. The van der Waals surface area contributed by atoms with Crippen LogP contribution in [0.25, 0.3) is 0 Å². The van der Waals surface area contributed by atoms with Crippen molar-refractivity contribution in [1.29, 1.82) is 0 Å². The molecule has 7 nitrogen and oxygen atoms in total. The van der Waals surface area contributed by atoms with E-state index in [0.29, 0.717) is 0 Å². The van der Waals surface area contributed by atoms with Crippen LogP contribution in [-0.2, 0) is 25.5 Å². The van der Waals surface area contributed by atoms with Crippen molar-refractivity contribution in [3.8, 4) is 0 Å². The molecule has 0 saturated heterocycles. The second kappa shape index (κ2) is 7.04. The summed E-state index contributed by atoms with van der Waals surface area (Å²) in [6.07, 6.45) is 3.38. The molecule has 0 aliphatic heterocycles. The first kappa shape index (κ1) is 16.2. The van der Waals surface area contributed by atoms with E-state index in [4.69, 9.17) is 4.74 Å². The Morgan fingerprint density at radius 2 is 2.15 bits per heavy atom. The number of nitrogens with zero attached hydrogens (tertiary/aromatic N) is 1. The summed E-state index contributed by atoms with van der Waals surface area (Å²) in [6, 6.07) is -0.767. The van der Waals surface area contributed by atoms with Crippen molar-refractivity contribution >= 4 is 11.9 Å². The Bertz CT molecular complexity index is 437. The van der Waals surface area contributed by atoms with Crippen LogP contribution in [-0.4, -0.2) is 47.2 Å². The highest BCUT2D eigenvalue weighted by atomic mass is 16.5. The number of carbonyl (C=O) groups is 2. The number of esters is 1. The number of hydrogen-bond donors (Lipinski definition) is 2. The van der Waals surface area contributed by atoms with Crippen LogP contribution >= 0.6 is 0 Å². The number of aromatic amines is 1. The molecule has 2 N–H and O–H groups in total. The van der Waals surface area contributed by atoms with Gasteiger partial charge in [0, 0.05) is 18.3 Å². The van der Waals surface area contributed by atoms with Crippen molar-refractivity contribution in [3.05, 3.63) is 18.2 Å². The van der Waals surface area contributed by atoms with E-state index in [1.807, 2.05) is 20.8 Å². The van der Waals surface area contributed by atoms with E-state index in [1.165, 1.54) is 13.4 Å². The predicted octanol–water partition coefficient (Wildman–Crippen LogP) is 0.425. The van der Waals surface area contributed by atoms with Crippen LogP contribution in [0.1, 0.15) is 26.5 Å². The molecule has 1 aromatic heterocycles. The van der Waals surface area contributed by atoms with Gasteiger partial charge in [-0.25, -0.2) is 9.78 Å². The topological polar surface area (TPSA) is 93.3 Å². The molecule has 1 heterocycles. The molecule has 20 heavy (non-hydrogen) atoms. The van der Waals surface area contributed by atoms with Crippen molar-refractivity contribution in [2.24, 2.45) is 0 Å². The number of nitrogens with one attached hydrogen (secondary N) is 2. The summed E-state index contributed by atoms with van der Waals surface area (Å²) in [6.45, 7) is 5.44. The molecule has 0 unspecified atom stereocenters. The average Bonchev–Trinajstić information content (AvgIpc) is 2.86. The van der Waals surface area contributed by atoms with Gasteiger partial charge < -0.3 is 19.8 Å². The predicted molar refractivity (Wildman–Crippen MR) is 71.9 cm³/mol. The Kier molecular flexibility index (Phi) is 5.69. The lowest BCUT2D eigenvalue weighted by Crippen LogP contribution is -2.45. The Labute approximate surface area is 118 Å². The van der Waals surface area contributed by atoms with E-state index in [9.17, 15) is 9.59 Å². The third kappa shape index (κ3) is 5.83. The van der Waals surface area contributed by atoms with Gasteiger partial charge in [-0.15, -0.1) is 0 Å². The minimum Gasteiger partial charge on any atom is -0.467 e. The van der Waals surface area contributed by atoms with Crippen molar-refractivity contribution in [2.45, 2.75) is 38.8 Å². The number of ether oxygens (including phenoxy) is 2. The van der Waals surface area contributed by atoms with E-state index in [-0.39, 0.29) is 18.9 Å². The third-order valence-corrected chi connectivity index (χ3v) is 2.44. The van der Waals surface area contributed by atoms with E-state index in [1.54, 1.807) is 6.20 Å². The van der Waals surface area contributed by atoms with Crippen LogP contribution in [0, 0.1) is 0 Å². The lowest BCUT2D eigenvalue weighted by molar-refractivity contribution is -0.146. The molecular formula is C13H21N3O4. The van der Waals surface area contributed by atoms with Crippen molar-refractivity contribution < 1.29 is 19.1 Å². The molecular weight excluding hydrogens is 262 g/mol. The monoisotopic (exact) mass is 283 g/mol. The molecule has 0 saturated carbocycles. The van der Waals surface area contributed by atoms with Gasteiger partial charge in [-0.3, -0.25) is 4.79 Å². The zero-order chi connectivity index (χ0) is 15.2. The van der Waals surface area contributed by atoms with Gasteiger partial charge in [0.25, 0.3) is 0 Å². The zero-order valence-electron chi connectivity index (χ0n) is 12.2. The van der Waals surface area contributed by atoms with Gasteiger partial charge in [-0.2, -0.15) is 0 Å². The Morgan fingerprint density at radius 3 is 2.65 bits per heavy atom. The molecule has 0 aromatic carbocycles. The van der Waals surface area contributed by atoms with Gasteiger partial charge in [0.1, 0.15) is 12.6 Å². The Hall–Kier alpha value is -1.89. The van der Waals surface area contributed by atoms with Crippen LogP contribution in [0.4, 0.5) is 0 Å². The lowest BCUT2D eigenvalue weighted by Gasteiger charge is -2.20. The van der Waals surface area contributed by atoms with E-state index in [2.05, 4.69) is 20.0 Å². The fourth-order valence-electron chi connectivity index (χ4n) is 1.47. The maximum absolute atomic E-state index is 11.8. The molecule has 0 radical (unpaired) electrons. The zero-order valence-corrected chi connectivity index (χ0v) is 12.2. The Morgan fingerprint density at radius 1 is 1.45 bits per heavy atom. The highest BCUT2D eigenvalue weighted by molar-refractivity contribution is 5.85. The maximum atomic E-state index is 11.8. The molecule has 7 heteroatoms. The molecule has 1 amide bonds. The second-order valence-electron chi connectivity index (χ2n) is 5.33. The lowest BCUT2D eigenvalue weighted by atomic mass is 10.1. The first-order chi connectivity index (χ1) is 9.31. The van der Waals surface area contributed by atoms with Gasteiger partial charge in [0.05, 0.1) is 19.0 Å². The quantitative estimate of drug-likeness (QED) is 0.738. The summed E-state index contributed by atoms with van der Waals surface area (Å²) < 4.78 is 10.0. The molecule has 112 valence electrons. The number of carbonyl (C=O) groups excluding carboxylic acids is 2. The van der Waals surface area contributed by atoms with Gasteiger partial charge in [0.2, 0.25) is 5.91 Å². The fraction of sp³-hybridized carbons (Fsp3) is 0.615. The highest BCUT2D eigenvalue weighted by Crippen LogP contribution is 2.06. The summed E-state index contributed by atoms with van der Waals surface area (Å²) >= 11 is 0. The average molecular weight is 283 g/mol. The van der Waals surface area contributed by atoms with E-state index in [0.717, 1.165) is 5.69 Å². The first-order valence-electron chi connectivity index (χ1n) is 6.30. The maximum Gasteiger partial charge on any atom is 0.328 e. The number of imidazole rings is 1. The summed E-state index contributed by atoms with van der Waals surface area (Å²) in [4.78, 5) is 30.2. The fourth-order valence-corrected chi connectivity index (χ4v) is 1.47. The van der Waals surface area contributed by atoms with Gasteiger partial charge in [-0.05, 0) is 20.8 Å². The van der Waals surface area contributed by atoms with Gasteiger partial charge >= 0.3 is 5.97 Å². The summed E-state index contributed by atoms with van der Waals surface area (Å²) in [5, 5.41) is 2.59. The SMILES string of the molecule is COC(=O)[C@H](Cc1cnc[nH]1)NC(=O)COC(C)(C)C. The number of aromatic nitrogens is 2. The van der Waals surface area contributed by atoms with Crippen LogP contribution in [0.15, 0.2) is 12.5 Å². The van der Waals surface area contributed by atoms with E-state index >= 15 is 0 Å². The van der Waals surface area contributed by atoms with Crippen LogP contribution in [0.3, 0.4) is 0 Å². The van der Waals surface area contributed by atoms with Gasteiger partial charge in [0.15, 0.2) is 0 Å². The molecule has 1 rings (SSSR count). The summed E-state index contributed by atoms with van der Waals surface area (Å²) in [5.74, 6) is -0.876. The van der Waals surface area contributed by atoms with Crippen LogP contribution in [0.2, 0.25) is 0 Å². The summed E-state index contributed by atoms with van der Waals surface area (Å²) in [7, 11) is 1.28. The largest absolute Gasteiger partial charge is 0.467 e. The highest BCUT2D eigenvalue weighted by Gasteiger charge is 2.23. The van der Waals surface area contributed by atoms with Crippen molar-refractivity contribution in [3.63, 3.8) is 0 Å². The van der Waals surface area contributed by atoms with E-state index < -0.39 is 17.6 Å². The minimum atomic E-state index is -0.767. The van der Waals surface area contributed by atoms with Crippen LogP contribution < -0.4 is 5.32 Å². The molecule has 0 bridgehead atoms. The summed E-state index contributed by atoms with van der Waals surface area (Å²) in [5.41, 5.74) is 0.319. The number of methoxy groups -OCH3 is 1. The second-order valence-corrected chi connectivity index (χ2v) is 5.33. The molecule has 0 fully saturated rings. The number of hydrogen-bond acceptors (Lipinski definition) is 5. The van der Waals surface area contributed by atoms with Crippen molar-refractivity contribution in [1.82, 2.24) is 15.3 Å². The normalized spacial score (nSPS) is 12.8. The molecule has 1 aromatic rings. The molecule has 0 aliphatic rings. The smallest absolute Gasteiger partial charge is 0.328 e. The van der Waals surface area contributed by atoms with Crippen molar-refractivity contribution in [2.75, 3.05) is 13.7 Å². The molecule has 1 atom stereocenters. The number of rotatable bonds is 6. The number of amides is 1. The third-order valence-electron chi connectivity index (χ3n) is 2.44. The van der Waals surface area contributed by atoms with Gasteiger partial charge in [-0.1, -0.05) is 0 Å². The first-order valence-corrected chi connectivity index (χ1v) is 6.30. The molecule has 0 spiro atoms. The van der Waals surface area contributed by atoms with Crippen LogP contribution in [0.5, 0.6) is 0 Å². The number of H-pyrrole nitrogens is 1.